The first-order valence-electron chi connectivity index (χ1n) is 5.33. The Bertz CT molecular complexity index is 428. The van der Waals surface area contributed by atoms with Crippen LogP contribution in [0.5, 0.6) is 0 Å². The van der Waals surface area contributed by atoms with Gasteiger partial charge in [0.05, 0.1) is 10.4 Å². The molecular weight excluding hydrogens is 206 g/mol. The number of rotatable bonds is 3. The zero-order chi connectivity index (χ0) is 10.1. The van der Waals surface area contributed by atoms with Crippen molar-refractivity contribution in [3.8, 4) is 10.7 Å². The Morgan fingerprint density at radius 3 is 3.07 bits per heavy atom. The summed E-state index contributed by atoms with van der Waals surface area (Å²) in [7, 11) is 0. The maximum Gasteiger partial charge on any atom is 0.151 e. The van der Waals surface area contributed by atoms with Crippen LogP contribution in [0.15, 0.2) is 24.1 Å². The van der Waals surface area contributed by atoms with E-state index in [1.165, 1.54) is 24.1 Å². The van der Waals surface area contributed by atoms with Crippen LogP contribution in [0.3, 0.4) is 0 Å². The number of thiazole rings is 1. The first kappa shape index (κ1) is 9.09. The van der Waals surface area contributed by atoms with Crippen LogP contribution in [0, 0.1) is 5.92 Å². The summed E-state index contributed by atoms with van der Waals surface area (Å²) >= 11 is 1.65. The van der Waals surface area contributed by atoms with Gasteiger partial charge in [-0.2, -0.15) is 0 Å². The molecule has 0 aromatic carbocycles. The summed E-state index contributed by atoms with van der Waals surface area (Å²) < 4.78 is 2.26. The summed E-state index contributed by atoms with van der Waals surface area (Å²) in [5, 5.41) is 0. The fourth-order valence-electron chi connectivity index (χ4n) is 1.96. The Kier molecular flexibility index (Phi) is 2.29. The topological polar surface area (TPSA) is 30.7 Å². The molecule has 2 aromatic heterocycles. The highest BCUT2D eigenvalue weighted by Gasteiger charge is 2.19. The summed E-state index contributed by atoms with van der Waals surface area (Å²) in [6.45, 7) is 1.12. The second-order valence-corrected chi connectivity index (χ2v) is 4.95. The van der Waals surface area contributed by atoms with E-state index in [-0.39, 0.29) is 0 Å². The van der Waals surface area contributed by atoms with Crippen molar-refractivity contribution in [2.75, 3.05) is 0 Å². The number of hydrogen-bond acceptors (Lipinski definition) is 3. The number of nitrogens with zero attached hydrogens (tertiary/aromatic N) is 3. The minimum Gasteiger partial charge on any atom is -0.330 e. The molecule has 0 saturated heterocycles. The molecule has 0 aliphatic heterocycles. The lowest BCUT2D eigenvalue weighted by Crippen LogP contribution is -2.18. The molecule has 4 heteroatoms. The molecule has 2 aromatic rings. The monoisotopic (exact) mass is 219 g/mol. The van der Waals surface area contributed by atoms with Gasteiger partial charge in [-0.3, -0.25) is 4.98 Å². The van der Waals surface area contributed by atoms with E-state index in [0.29, 0.717) is 0 Å². The van der Waals surface area contributed by atoms with Crippen molar-refractivity contribution in [2.45, 2.75) is 25.8 Å². The van der Waals surface area contributed by atoms with Crippen LogP contribution >= 0.6 is 11.3 Å². The fraction of sp³-hybridized carbons (Fsp3) is 0.455. The van der Waals surface area contributed by atoms with Crippen LogP contribution in [-0.4, -0.2) is 14.5 Å². The molecule has 1 aliphatic carbocycles. The minimum atomic E-state index is 0.867. The maximum absolute atomic E-state index is 4.40. The van der Waals surface area contributed by atoms with Gasteiger partial charge in [0, 0.05) is 25.1 Å². The Morgan fingerprint density at radius 2 is 2.40 bits per heavy atom. The highest BCUT2D eigenvalue weighted by Crippen LogP contribution is 2.30. The average molecular weight is 219 g/mol. The molecule has 15 heavy (non-hydrogen) atoms. The third-order valence-corrected chi connectivity index (χ3v) is 3.82. The van der Waals surface area contributed by atoms with E-state index in [0.717, 1.165) is 18.3 Å². The van der Waals surface area contributed by atoms with Crippen molar-refractivity contribution >= 4 is 11.3 Å². The van der Waals surface area contributed by atoms with Gasteiger partial charge in [-0.25, -0.2) is 4.98 Å². The molecule has 1 aliphatic rings. The molecule has 0 spiro atoms. The van der Waals surface area contributed by atoms with Crippen molar-refractivity contribution in [2.24, 2.45) is 5.92 Å². The van der Waals surface area contributed by atoms with Gasteiger partial charge in [0.25, 0.3) is 0 Å². The second kappa shape index (κ2) is 3.77. The summed E-state index contributed by atoms with van der Waals surface area (Å²) in [6, 6.07) is 0. The van der Waals surface area contributed by atoms with Crippen molar-refractivity contribution in [3.63, 3.8) is 0 Å². The van der Waals surface area contributed by atoms with Crippen LogP contribution in [-0.2, 0) is 6.54 Å². The summed E-state index contributed by atoms with van der Waals surface area (Å²) in [5.74, 6) is 1.94. The molecule has 3 nitrogen and oxygen atoms in total. The van der Waals surface area contributed by atoms with E-state index in [2.05, 4.69) is 20.7 Å². The van der Waals surface area contributed by atoms with Crippen LogP contribution in [0.4, 0.5) is 0 Å². The molecule has 0 unspecified atom stereocenters. The van der Waals surface area contributed by atoms with Gasteiger partial charge in [0.2, 0.25) is 0 Å². The molecule has 3 rings (SSSR count). The lowest BCUT2D eigenvalue weighted by molar-refractivity contribution is 0.278. The predicted molar refractivity (Wildman–Crippen MR) is 60.7 cm³/mol. The van der Waals surface area contributed by atoms with E-state index in [1.807, 2.05) is 17.9 Å². The van der Waals surface area contributed by atoms with Crippen LogP contribution < -0.4 is 0 Å². The van der Waals surface area contributed by atoms with Gasteiger partial charge < -0.3 is 4.57 Å². The first-order chi connectivity index (χ1) is 7.43. The van der Waals surface area contributed by atoms with Crippen molar-refractivity contribution in [1.82, 2.24) is 14.5 Å². The fourth-order valence-corrected chi connectivity index (χ4v) is 2.59. The number of imidazole rings is 1. The second-order valence-electron chi connectivity index (χ2n) is 4.07. The number of aromatic nitrogens is 3. The third kappa shape index (κ3) is 1.69. The SMILES string of the molecule is c1cn(CC2CCC2)c(-c2cncs2)n1. The Labute approximate surface area is 92.8 Å². The largest absolute Gasteiger partial charge is 0.330 e. The maximum atomic E-state index is 4.40. The number of hydrogen-bond donors (Lipinski definition) is 0. The highest BCUT2D eigenvalue weighted by molar-refractivity contribution is 7.13. The van der Waals surface area contributed by atoms with Gasteiger partial charge in [0.1, 0.15) is 0 Å². The molecule has 0 radical (unpaired) electrons. The average Bonchev–Trinajstić information content (AvgIpc) is 2.81. The molecule has 78 valence electrons. The smallest absolute Gasteiger partial charge is 0.151 e. The van der Waals surface area contributed by atoms with E-state index in [1.54, 1.807) is 11.3 Å². The van der Waals surface area contributed by atoms with E-state index < -0.39 is 0 Å². The summed E-state index contributed by atoms with van der Waals surface area (Å²) in [5.41, 5.74) is 1.86. The molecule has 1 saturated carbocycles. The van der Waals surface area contributed by atoms with Crippen LogP contribution in [0.2, 0.25) is 0 Å². The quantitative estimate of drug-likeness (QED) is 0.794. The molecule has 0 bridgehead atoms. The Hall–Kier alpha value is -1.16. The third-order valence-electron chi connectivity index (χ3n) is 3.05. The van der Waals surface area contributed by atoms with E-state index in [9.17, 15) is 0 Å². The normalized spacial score (nSPS) is 16.5. The lowest BCUT2D eigenvalue weighted by Gasteiger charge is -2.26. The van der Waals surface area contributed by atoms with Gasteiger partial charge in [-0.1, -0.05) is 6.42 Å². The van der Waals surface area contributed by atoms with E-state index in [4.69, 9.17) is 0 Å². The summed E-state index contributed by atoms with van der Waals surface area (Å²) in [6.07, 6.45) is 10.0. The standard InChI is InChI=1S/C11H13N3S/c1-2-9(3-1)7-14-5-4-13-11(14)10-6-12-8-15-10/h4-6,8-9H,1-3,7H2. The van der Waals surface area contributed by atoms with Crippen molar-refractivity contribution in [1.29, 1.82) is 0 Å². The van der Waals surface area contributed by atoms with Gasteiger partial charge in [0.15, 0.2) is 5.82 Å². The lowest BCUT2D eigenvalue weighted by atomic mass is 9.85. The molecule has 0 N–H and O–H groups in total. The molecule has 0 amide bonds. The Morgan fingerprint density at radius 1 is 1.47 bits per heavy atom. The Balaban J connectivity index is 1.85. The minimum absolute atomic E-state index is 0.867. The first-order valence-corrected chi connectivity index (χ1v) is 6.21. The van der Waals surface area contributed by atoms with E-state index >= 15 is 0 Å². The van der Waals surface area contributed by atoms with Gasteiger partial charge in [-0.05, 0) is 18.8 Å². The molecule has 1 fully saturated rings. The van der Waals surface area contributed by atoms with Gasteiger partial charge >= 0.3 is 0 Å². The van der Waals surface area contributed by atoms with Crippen LogP contribution in [0.1, 0.15) is 19.3 Å². The van der Waals surface area contributed by atoms with Crippen molar-refractivity contribution in [3.05, 3.63) is 24.1 Å². The predicted octanol–water partition coefficient (Wildman–Crippen LogP) is 2.81. The molecule has 2 heterocycles. The summed E-state index contributed by atoms with van der Waals surface area (Å²) in [4.78, 5) is 9.67. The van der Waals surface area contributed by atoms with Gasteiger partial charge in [-0.15, -0.1) is 11.3 Å². The zero-order valence-electron chi connectivity index (χ0n) is 8.47. The van der Waals surface area contributed by atoms with Crippen LogP contribution in [0.25, 0.3) is 10.7 Å². The van der Waals surface area contributed by atoms with Crippen molar-refractivity contribution < 1.29 is 0 Å². The zero-order valence-corrected chi connectivity index (χ0v) is 9.28. The molecule has 0 atom stereocenters. The highest BCUT2D eigenvalue weighted by atomic mass is 32.1. The molecular formula is C11H13N3S.